The first-order chi connectivity index (χ1) is 12.9. The monoisotopic (exact) mass is 368 g/mol. The highest BCUT2D eigenvalue weighted by Gasteiger charge is 2.67. The van der Waals surface area contributed by atoms with Gasteiger partial charge < -0.3 is 13.7 Å². The Morgan fingerprint density at radius 1 is 1.15 bits per heavy atom. The molecular formula is C20H25BN2O4. The smallest absolute Gasteiger partial charge is 0.499 e. The molecule has 3 aliphatic heterocycles. The normalized spacial score (nSPS) is 40.9. The fourth-order valence-corrected chi connectivity index (χ4v) is 5.73. The third-order valence-corrected chi connectivity index (χ3v) is 7.32. The van der Waals surface area contributed by atoms with E-state index in [0.29, 0.717) is 29.7 Å². The molecule has 1 aromatic rings. The van der Waals surface area contributed by atoms with E-state index in [1.807, 2.05) is 37.3 Å². The topological polar surface area (TPSA) is 55.8 Å². The average molecular weight is 368 g/mol. The van der Waals surface area contributed by atoms with E-state index in [-0.39, 0.29) is 11.8 Å². The van der Waals surface area contributed by atoms with Crippen molar-refractivity contribution in [3.8, 4) is 0 Å². The van der Waals surface area contributed by atoms with Crippen LogP contribution in [-0.2, 0) is 18.9 Å². The highest BCUT2D eigenvalue weighted by atomic mass is 16.6. The van der Waals surface area contributed by atoms with Gasteiger partial charge in [0.1, 0.15) is 0 Å². The minimum Gasteiger partial charge on any atom is -0.506 e. The highest BCUT2D eigenvalue weighted by Crippen LogP contribution is 2.54. The van der Waals surface area contributed by atoms with Crippen LogP contribution >= 0.6 is 0 Å². The lowest BCUT2D eigenvalue weighted by atomic mass is 9.49. The van der Waals surface area contributed by atoms with E-state index < -0.39 is 18.0 Å². The maximum Gasteiger partial charge on any atom is 0.499 e. The van der Waals surface area contributed by atoms with E-state index in [0.717, 1.165) is 25.0 Å². The number of likely N-dealkylation sites (N-methyl/N-ethyl adjacent to an activating group) is 1. The number of amides is 2. The number of carbonyl (C=O) groups excluding carboxylic acids is 2. The predicted octanol–water partition coefficient (Wildman–Crippen LogP) is 1.89. The van der Waals surface area contributed by atoms with Crippen LogP contribution in [0.4, 0.5) is 5.69 Å². The minimum atomic E-state index is -1.75. The molecule has 0 saturated carbocycles. The summed E-state index contributed by atoms with van der Waals surface area (Å²) in [6, 6.07) is 9.24. The summed E-state index contributed by atoms with van der Waals surface area (Å²) in [5.74, 6) is -0.757. The number of allylic oxidation sites excluding steroid dienone is 1. The van der Waals surface area contributed by atoms with Gasteiger partial charge in [0, 0.05) is 7.05 Å². The van der Waals surface area contributed by atoms with Gasteiger partial charge in [-0.2, -0.15) is 0 Å². The molecule has 6 nitrogen and oxygen atoms in total. The molecule has 2 amide bonds. The van der Waals surface area contributed by atoms with Crippen LogP contribution in [0.5, 0.6) is 0 Å². The van der Waals surface area contributed by atoms with Gasteiger partial charge in [-0.05, 0) is 31.9 Å². The Hall–Kier alpha value is -1.96. The molecule has 2 atom stereocenters. The van der Waals surface area contributed by atoms with Crippen LogP contribution in [0.3, 0.4) is 0 Å². The molecule has 3 fully saturated rings. The Balaban J connectivity index is 1.62. The summed E-state index contributed by atoms with van der Waals surface area (Å²) in [5.41, 5.74) is 0.818. The molecule has 1 aliphatic carbocycles. The van der Waals surface area contributed by atoms with E-state index in [9.17, 15) is 9.59 Å². The number of quaternary nitrogens is 1. The lowest BCUT2D eigenvalue weighted by Gasteiger charge is -2.48. The van der Waals surface area contributed by atoms with Gasteiger partial charge in [-0.25, -0.2) is 4.90 Å². The molecule has 2 unspecified atom stereocenters. The molecule has 3 heterocycles. The summed E-state index contributed by atoms with van der Waals surface area (Å²) in [4.78, 5) is 28.3. The fraction of sp³-hybridized carbons (Fsp3) is 0.500. The summed E-state index contributed by atoms with van der Waals surface area (Å²) < 4.78 is 13.2. The second-order valence-corrected chi connectivity index (χ2v) is 8.75. The maximum atomic E-state index is 13.6. The predicted molar refractivity (Wildman–Crippen MR) is 101 cm³/mol. The van der Waals surface area contributed by atoms with Crippen LogP contribution < -0.4 is 4.90 Å². The quantitative estimate of drug-likeness (QED) is 0.591. The van der Waals surface area contributed by atoms with E-state index >= 15 is 0 Å². The largest absolute Gasteiger partial charge is 0.506 e. The van der Waals surface area contributed by atoms with Crippen molar-refractivity contribution in [2.45, 2.75) is 19.8 Å². The summed E-state index contributed by atoms with van der Waals surface area (Å²) >= 11 is 0. The zero-order chi connectivity index (χ0) is 18.9. The Morgan fingerprint density at radius 3 is 2.48 bits per heavy atom. The number of hydrogen-bond acceptors (Lipinski definition) is 4. The number of para-hydroxylation sites is 1. The summed E-state index contributed by atoms with van der Waals surface area (Å²) in [5, 5.41) is 0. The first-order valence-corrected chi connectivity index (χ1v) is 9.83. The van der Waals surface area contributed by atoms with Crippen molar-refractivity contribution in [3.63, 3.8) is 0 Å². The number of hydrogen-bond donors (Lipinski definition) is 0. The SMILES string of the molecule is CC12CCC=C([B-]34OCC[N+]3(C)CCO4)C1C(=O)N(c1ccccc1)C2=O. The molecular weight excluding hydrogens is 343 g/mol. The van der Waals surface area contributed by atoms with Crippen LogP contribution in [-0.4, -0.2) is 56.2 Å². The zero-order valence-corrected chi connectivity index (χ0v) is 15.9. The molecule has 4 aliphatic rings. The number of rotatable bonds is 2. The van der Waals surface area contributed by atoms with Gasteiger partial charge in [-0.1, -0.05) is 23.7 Å². The Kier molecular flexibility index (Phi) is 3.52. The summed E-state index contributed by atoms with van der Waals surface area (Å²) in [7, 11) is 2.16. The second kappa shape index (κ2) is 5.53. The Labute approximate surface area is 159 Å². The highest BCUT2D eigenvalue weighted by molar-refractivity contribution is 6.69. The van der Waals surface area contributed by atoms with Crippen molar-refractivity contribution >= 4 is 24.2 Å². The molecule has 3 saturated heterocycles. The van der Waals surface area contributed by atoms with E-state index in [1.54, 1.807) is 0 Å². The van der Waals surface area contributed by atoms with Crippen molar-refractivity contribution in [2.24, 2.45) is 11.3 Å². The number of benzene rings is 1. The van der Waals surface area contributed by atoms with Crippen molar-refractivity contribution in [1.29, 1.82) is 0 Å². The fourth-order valence-electron chi connectivity index (χ4n) is 5.73. The molecule has 0 N–H and O–H groups in total. The van der Waals surface area contributed by atoms with Gasteiger partial charge in [0.25, 0.3) is 0 Å². The molecule has 5 rings (SSSR count). The molecule has 1 aromatic carbocycles. The van der Waals surface area contributed by atoms with Crippen molar-refractivity contribution in [2.75, 3.05) is 38.3 Å². The van der Waals surface area contributed by atoms with E-state index in [2.05, 4.69) is 13.1 Å². The Bertz CT molecular complexity index is 845. The van der Waals surface area contributed by atoms with Crippen molar-refractivity contribution in [1.82, 2.24) is 0 Å². The standard InChI is InChI=1S/C20H25BN2O4/c1-20-10-6-9-16(21-23(2,11-13-26-21)12-14-27-21)17(20)18(24)22(19(20)25)15-7-4-3-5-8-15/h3-5,7-9,17H,6,10-14H2,1-2H3. The molecule has 0 bridgehead atoms. The van der Waals surface area contributed by atoms with Crippen molar-refractivity contribution < 1.29 is 23.3 Å². The molecule has 7 heteroatoms. The molecule has 142 valence electrons. The zero-order valence-electron chi connectivity index (χ0n) is 15.9. The van der Waals surface area contributed by atoms with Crippen LogP contribution in [0.1, 0.15) is 19.8 Å². The second-order valence-electron chi connectivity index (χ2n) is 8.75. The van der Waals surface area contributed by atoms with Gasteiger partial charge in [-0.3, -0.25) is 9.59 Å². The molecule has 0 spiro atoms. The maximum absolute atomic E-state index is 13.6. The van der Waals surface area contributed by atoms with Crippen LogP contribution in [0.15, 0.2) is 41.9 Å². The molecule has 0 radical (unpaired) electrons. The van der Waals surface area contributed by atoms with Gasteiger partial charge >= 0.3 is 6.69 Å². The lowest BCUT2D eigenvalue weighted by molar-refractivity contribution is -0.799. The number of fused-ring (bicyclic) bond motifs is 2. The third kappa shape index (κ3) is 2.02. The van der Waals surface area contributed by atoms with Crippen LogP contribution in [0.25, 0.3) is 0 Å². The molecule has 0 aromatic heterocycles. The molecule has 27 heavy (non-hydrogen) atoms. The minimum absolute atomic E-state index is 0.105. The first kappa shape index (κ1) is 17.2. The third-order valence-electron chi connectivity index (χ3n) is 7.32. The van der Waals surface area contributed by atoms with E-state index in [1.165, 1.54) is 4.90 Å². The van der Waals surface area contributed by atoms with Gasteiger partial charge in [0.15, 0.2) is 0 Å². The Morgan fingerprint density at radius 2 is 1.81 bits per heavy atom. The van der Waals surface area contributed by atoms with Gasteiger partial charge in [-0.15, -0.1) is 6.08 Å². The van der Waals surface area contributed by atoms with Gasteiger partial charge in [0.2, 0.25) is 11.8 Å². The van der Waals surface area contributed by atoms with Crippen LogP contribution in [0, 0.1) is 11.3 Å². The number of carbonyl (C=O) groups is 2. The van der Waals surface area contributed by atoms with Crippen molar-refractivity contribution in [3.05, 3.63) is 41.9 Å². The van der Waals surface area contributed by atoms with Crippen LogP contribution in [0.2, 0.25) is 0 Å². The number of imide groups is 1. The number of nitrogens with zero attached hydrogens (tertiary/aromatic N) is 2. The average Bonchev–Trinajstić information content (AvgIpc) is 3.22. The summed E-state index contributed by atoms with van der Waals surface area (Å²) in [6.07, 6.45) is 3.56. The lowest BCUT2D eigenvalue weighted by Crippen LogP contribution is -2.64. The van der Waals surface area contributed by atoms with E-state index in [4.69, 9.17) is 9.31 Å². The first-order valence-electron chi connectivity index (χ1n) is 9.83. The number of anilines is 1. The summed E-state index contributed by atoms with van der Waals surface area (Å²) in [6.45, 7) is 3.21. The van der Waals surface area contributed by atoms with Gasteiger partial charge in [0.05, 0.1) is 43.3 Å².